The van der Waals surface area contributed by atoms with Gasteiger partial charge >= 0.3 is 59.1 Å². The molecule has 0 amide bonds. The van der Waals surface area contributed by atoms with Crippen molar-refractivity contribution in [2.24, 2.45) is 0 Å². The van der Waals surface area contributed by atoms with Gasteiger partial charge in [0.15, 0.2) is 0 Å². The molecule has 2 aromatic heterocycles. The second-order valence-electron chi connectivity index (χ2n) is 7.63. The summed E-state index contributed by atoms with van der Waals surface area (Å²) in [6, 6.07) is 11.2. The smallest absolute Gasteiger partial charge is 0.790 e. The molecule has 0 N–H and O–H groups in total. The van der Waals surface area contributed by atoms with E-state index in [2.05, 4.69) is 15.1 Å². The first-order valence-corrected chi connectivity index (χ1v) is 12.4. The molecule has 9 nitrogen and oxygen atoms in total. The molecule has 0 aliphatic heterocycles. The van der Waals surface area contributed by atoms with E-state index in [4.69, 9.17) is 9.79 Å². The van der Waals surface area contributed by atoms with Gasteiger partial charge in [0.1, 0.15) is 29.9 Å². The van der Waals surface area contributed by atoms with Gasteiger partial charge in [0.05, 0.1) is 36.7 Å². The van der Waals surface area contributed by atoms with Crippen molar-refractivity contribution in [2.45, 2.75) is 25.0 Å². The van der Waals surface area contributed by atoms with Crippen LogP contribution in [-0.2, 0) is 21.2 Å². The molecule has 2 aromatic carbocycles. The molecule has 2 atom stereocenters. The van der Waals surface area contributed by atoms with Crippen molar-refractivity contribution in [1.29, 1.82) is 5.26 Å². The number of nitriles is 1. The predicted molar refractivity (Wildman–Crippen MR) is 117 cm³/mol. The molecule has 0 bridgehead atoms. The normalized spacial score (nSPS) is 13.5. The second-order valence-corrected chi connectivity index (χ2v) is 9.59. The summed E-state index contributed by atoms with van der Waals surface area (Å²) in [5.74, 6) is -3.01. The molecule has 4 rings (SSSR count). The van der Waals surface area contributed by atoms with Crippen molar-refractivity contribution >= 4 is 19.2 Å². The zero-order valence-electron chi connectivity index (χ0n) is 20.0. The molecule has 2 heterocycles. The van der Waals surface area contributed by atoms with Crippen LogP contribution in [0.5, 0.6) is 0 Å². The molecule has 0 aliphatic carbocycles. The minimum atomic E-state index is -5.71. The van der Waals surface area contributed by atoms with Gasteiger partial charge < -0.3 is 18.9 Å². The molecular formula is C22H16F2N5Na2O4PS. The van der Waals surface area contributed by atoms with Gasteiger partial charge in [-0.3, -0.25) is 0 Å². The minimum absolute atomic E-state index is 0. The Morgan fingerprint density at radius 3 is 2.49 bits per heavy atom. The van der Waals surface area contributed by atoms with E-state index < -0.39 is 37.5 Å². The van der Waals surface area contributed by atoms with E-state index in [1.807, 2.05) is 6.07 Å². The molecule has 0 saturated heterocycles. The van der Waals surface area contributed by atoms with E-state index in [1.54, 1.807) is 29.6 Å². The Labute approximate surface area is 259 Å². The van der Waals surface area contributed by atoms with Crippen LogP contribution >= 0.6 is 19.2 Å². The maximum Gasteiger partial charge on any atom is 1.00 e. The SMILES string of the molecule is C[C@@H](c1nc(-c2ccc(C#N)cc2)cs1)C(Cn1cncn1)(OP(=O)([O-])[O-])c1ccc(F)cc1F.[Na+].[Na+]. The summed E-state index contributed by atoms with van der Waals surface area (Å²) in [5, 5.41) is 15.0. The summed E-state index contributed by atoms with van der Waals surface area (Å²) in [6.07, 6.45) is 2.42. The topological polar surface area (TPSA) is 140 Å². The first kappa shape index (κ1) is 31.9. The summed E-state index contributed by atoms with van der Waals surface area (Å²) in [4.78, 5) is 32.2. The van der Waals surface area contributed by atoms with Crippen molar-refractivity contribution in [3.8, 4) is 17.3 Å². The Morgan fingerprint density at radius 2 is 1.92 bits per heavy atom. The first-order chi connectivity index (χ1) is 16.6. The van der Waals surface area contributed by atoms with E-state index >= 15 is 4.39 Å². The van der Waals surface area contributed by atoms with Crippen LogP contribution < -0.4 is 68.9 Å². The number of phosphoric acid groups is 1. The third kappa shape index (κ3) is 7.41. The van der Waals surface area contributed by atoms with E-state index in [0.29, 0.717) is 27.9 Å². The molecule has 0 aliphatic rings. The molecular weight excluding hydrogens is 545 g/mol. The average molecular weight is 561 g/mol. The van der Waals surface area contributed by atoms with Crippen LogP contribution in [0.3, 0.4) is 0 Å². The predicted octanol–water partition coefficient (Wildman–Crippen LogP) is -2.90. The molecule has 37 heavy (non-hydrogen) atoms. The van der Waals surface area contributed by atoms with Crippen LogP contribution in [0.15, 0.2) is 60.5 Å². The van der Waals surface area contributed by atoms with Gasteiger partial charge in [-0.1, -0.05) is 25.1 Å². The second kappa shape index (κ2) is 13.2. The van der Waals surface area contributed by atoms with Gasteiger partial charge in [0, 0.05) is 28.5 Å². The summed E-state index contributed by atoms with van der Waals surface area (Å²) in [5.41, 5.74) is -0.851. The fourth-order valence-corrected chi connectivity index (χ4v) is 5.41. The summed E-state index contributed by atoms with van der Waals surface area (Å²) in [7, 11) is -5.71. The summed E-state index contributed by atoms with van der Waals surface area (Å²) < 4.78 is 47.0. The van der Waals surface area contributed by atoms with Gasteiger partial charge in [-0.15, -0.1) is 11.3 Å². The number of thiazole rings is 1. The fourth-order valence-electron chi connectivity index (χ4n) is 3.73. The van der Waals surface area contributed by atoms with Crippen molar-refractivity contribution < 1.29 is 86.8 Å². The van der Waals surface area contributed by atoms with Crippen molar-refractivity contribution in [3.05, 3.63) is 88.3 Å². The standard InChI is InChI=1S/C22H18F2N5O4PS.2Na/c1-14(21-28-20(10-35-21)16-4-2-15(9-25)3-5-16)22(33-34(30,31)32,11-29-13-26-12-27-29)18-7-6-17(23)8-19(18)24;;/h2-8,10,12-14H,11H2,1H3,(H2,30,31,32);;/q;2*+1/p-2/t14-,22?;;/m0../s1. The average Bonchev–Trinajstić information content (AvgIpc) is 3.49. The minimum Gasteiger partial charge on any atom is -0.790 e. The van der Waals surface area contributed by atoms with Crippen molar-refractivity contribution in [1.82, 2.24) is 19.7 Å². The zero-order valence-corrected chi connectivity index (χ0v) is 25.7. The number of hydrogen-bond acceptors (Lipinski definition) is 9. The van der Waals surface area contributed by atoms with E-state index in [-0.39, 0.29) is 64.7 Å². The van der Waals surface area contributed by atoms with Gasteiger partial charge in [-0.25, -0.2) is 23.4 Å². The Hall–Kier alpha value is -1.33. The third-order valence-electron chi connectivity index (χ3n) is 5.43. The molecule has 0 fully saturated rings. The molecule has 0 saturated carbocycles. The molecule has 1 unspecified atom stereocenters. The van der Waals surface area contributed by atoms with E-state index in [1.165, 1.54) is 24.3 Å². The number of benzene rings is 2. The Morgan fingerprint density at radius 1 is 1.22 bits per heavy atom. The Balaban J connectivity index is 0.00000241. The van der Waals surface area contributed by atoms with E-state index in [0.717, 1.165) is 23.5 Å². The number of halogens is 2. The number of nitrogens with zero attached hydrogens (tertiary/aromatic N) is 5. The zero-order chi connectivity index (χ0) is 25.2. The Kier molecular flexibility index (Phi) is 11.3. The summed E-state index contributed by atoms with van der Waals surface area (Å²) in [6.45, 7) is 1.09. The van der Waals surface area contributed by atoms with Crippen LogP contribution in [0.25, 0.3) is 11.3 Å². The van der Waals surface area contributed by atoms with Crippen LogP contribution in [0.4, 0.5) is 8.78 Å². The third-order valence-corrected chi connectivity index (χ3v) is 7.00. The van der Waals surface area contributed by atoms with Gasteiger partial charge in [0.25, 0.3) is 0 Å². The number of rotatable bonds is 8. The first-order valence-electron chi connectivity index (χ1n) is 10.1. The molecule has 180 valence electrons. The maximum absolute atomic E-state index is 15.1. The molecule has 4 aromatic rings. The quantitative estimate of drug-likeness (QED) is 0.165. The Bertz CT molecular complexity index is 1430. The summed E-state index contributed by atoms with van der Waals surface area (Å²) >= 11 is 1.14. The number of hydrogen-bond donors (Lipinski definition) is 0. The monoisotopic (exact) mass is 561 g/mol. The van der Waals surface area contributed by atoms with Gasteiger partial charge in [-0.05, 0) is 18.2 Å². The molecule has 0 radical (unpaired) electrons. The van der Waals surface area contributed by atoms with Gasteiger partial charge in [-0.2, -0.15) is 10.4 Å². The number of aromatic nitrogens is 4. The van der Waals surface area contributed by atoms with Crippen molar-refractivity contribution in [2.75, 3.05) is 0 Å². The fraction of sp³-hybridized carbons (Fsp3) is 0.182. The van der Waals surface area contributed by atoms with Crippen LogP contribution in [0.1, 0.15) is 29.0 Å². The van der Waals surface area contributed by atoms with Crippen LogP contribution in [0, 0.1) is 23.0 Å². The maximum atomic E-state index is 15.1. The van der Waals surface area contributed by atoms with Crippen molar-refractivity contribution in [3.63, 3.8) is 0 Å². The molecule has 15 heteroatoms. The number of phosphoric ester groups is 1. The van der Waals surface area contributed by atoms with Gasteiger partial charge in [0.2, 0.25) is 0 Å². The largest absolute Gasteiger partial charge is 1.00 e. The van der Waals surface area contributed by atoms with Crippen LogP contribution in [0.2, 0.25) is 0 Å². The van der Waals surface area contributed by atoms with E-state index in [9.17, 15) is 18.7 Å². The molecule has 0 spiro atoms. The van der Waals surface area contributed by atoms with Crippen LogP contribution in [-0.4, -0.2) is 19.7 Å².